The number of aryl methyl sites for hydroxylation is 2. The van der Waals surface area contributed by atoms with Crippen molar-refractivity contribution in [2.75, 3.05) is 7.11 Å². The van der Waals surface area contributed by atoms with E-state index in [-0.39, 0.29) is 17.3 Å². The summed E-state index contributed by atoms with van der Waals surface area (Å²) in [6.07, 6.45) is 10.1. The highest BCUT2D eigenvalue weighted by Crippen LogP contribution is 2.61. The van der Waals surface area contributed by atoms with Gasteiger partial charge in [-0.05, 0) is 104 Å². The van der Waals surface area contributed by atoms with Crippen LogP contribution in [-0.2, 0) is 6.42 Å². The molecule has 3 unspecified atom stereocenters. The van der Waals surface area contributed by atoms with Crippen molar-refractivity contribution in [1.29, 1.82) is 0 Å². The van der Waals surface area contributed by atoms with Gasteiger partial charge >= 0.3 is 0 Å². The lowest BCUT2D eigenvalue weighted by Crippen LogP contribution is -2.43. The maximum atomic E-state index is 12.7. The summed E-state index contributed by atoms with van der Waals surface area (Å²) < 4.78 is 5.71. The Labute approximate surface area is 191 Å². The first-order valence-electron chi connectivity index (χ1n) is 12.1. The van der Waals surface area contributed by atoms with Crippen molar-refractivity contribution in [2.24, 2.45) is 17.3 Å². The van der Waals surface area contributed by atoms with E-state index in [4.69, 9.17) is 4.74 Å². The van der Waals surface area contributed by atoms with Crippen molar-refractivity contribution in [3.05, 3.63) is 70.3 Å². The van der Waals surface area contributed by atoms with Gasteiger partial charge in [-0.2, -0.15) is 0 Å². The summed E-state index contributed by atoms with van der Waals surface area (Å²) in [5, 5.41) is 10.7. The van der Waals surface area contributed by atoms with E-state index in [1.54, 1.807) is 13.2 Å². The van der Waals surface area contributed by atoms with Gasteiger partial charge < -0.3 is 9.84 Å². The fourth-order valence-electron chi connectivity index (χ4n) is 6.88. The number of benzene rings is 2. The van der Waals surface area contributed by atoms with Crippen LogP contribution in [0.15, 0.2) is 42.5 Å². The van der Waals surface area contributed by atoms with Crippen LogP contribution < -0.4 is 4.74 Å². The van der Waals surface area contributed by atoms with Gasteiger partial charge in [-0.3, -0.25) is 4.79 Å². The normalized spacial score (nSPS) is 31.1. The molecule has 1 N–H and O–H groups in total. The lowest BCUT2D eigenvalue weighted by molar-refractivity contribution is -0.0226. The van der Waals surface area contributed by atoms with Crippen LogP contribution in [0.4, 0.5) is 0 Å². The van der Waals surface area contributed by atoms with Gasteiger partial charge in [-0.15, -0.1) is 0 Å². The first-order valence-corrected chi connectivity index (χ1v) is 12.1. The van der Waals surface area contributed by atoms with E-state index in [0.717, 1.165) is 49.0 Å². The van der Waals surface area contributed by atoms with Gasteiger partial charge in [0.05, 0.1) is 13.2 Å². The molecule has 0 bridgehead atoms. The van der Waals surface area contributed by atoms with E-state index < -0.39 is 0 Å². The zero-order chi connectivity index (χ0) is 22.5. The highest BCUT2D eigenvalue weighted by molar-refractivity contribution is 6.07. The van der Waals surface area contributed by atoms with Crippen molar-refractivity contribution < 1.29 is 14.6 Å². The topological polar surface area (TPSA) is 46.5 Å². The number of fused-ring (bicyclic) bond motifs is 5. The quantitative estimate of drug-likeness (QED) is 0.470. The van der Waals surface area contributed by atoms with Crippen molar-refractivity contribution >= 4 is 11.9 Å². The zero-order valence-corrected chi connectivity index (χ0v) is 19.4. The lowest BCUT2D eigenvalue weighted by Gasteiger charge is -2.50. The smallest absolute Gasteiger partial charge is 0.185 e. The van der Waals surface area contributed by atoms with Crippen molar-refractivity contribution in [3.63, 3.8) is 0 Å². The second kappa shape index (κ2) is 8.19. The molecular formula is C29H34O3. The number of carbonyl (C=O) groups is 1. The average molecular weight is 431 g/mol. The Bertz CT molecular complexity index is 1050. The molecule has 3 heteroatoms. The van der Waals surface area contributed by atoms with Crippen molar-refractivity contribution in [1.82, 2.24) is 0 Å². The molecule has 3 nitrogen and oxygen atoms in total. The van der Waals surface area contributed by atoms with Crippen LogP contribution in [0.3, 0.4) is 0 Å². The molecule has 2 aromatic rings. The summed E-state index contributed by atoms with van der Waals surface area (Å²) in [7, 11) is 1.71. The van der Waals surface area contributed by atoms with E-state index in [0.29, 0.717) is 23.3 Å². The average Bonchev–Trinajstić information content (AvgIpc) is 3.11. The minimum atomic E-state index is -0.142. The number of methoxy groups -OCH3 is 1. The highest BCUT2D eigenvalue weighted by Gasteiger charge is 2.54. The number of aliphatic hydroxyl groups excluding tert-OH is 1. The van der Waals surface area contributed by atoms with E-state index in [9.17, 15) is 9.90 Å². The number of ether oxygens (including phenoxy) is 1. The second-order valence-corrected chi connectivity index (χ2v) is 10.4. The van der Waals surface area contributed by atoms with Crippen LogP contribution in [-0.4, -0.2) is 24.1 Å². The largest absolute Gasteiger partial charge is 0.496 e. The minimum Gasteiger partial charge on any atom is -0.496 e. The third-order valence-electron chi connectivity index (χ3n) is 8.78. The Morgan fingerprint density at radius 2 is 1.91 bits per heavy atom. The van der Waals surface area contributed by atoms with Gasteiger partial charge in [0.2, 0.25) is 0 Å². The Morgan fingerprint density at radius 1 is 1.12 bits per heavy atom. The van der Waals surface area contributed by atoms with Gasteiger partial charge in [0.15, 0.2) is 5.78 Å². The Hall–Kier alpha value is -2.39. The minimum absolute atomic E-state index is 0.0102. The molecule has 168 valence electrons. The fourth-order valence-corrected chi connectivity index (χ4v) is 6.88. The first-order chi connectivity index (χ1) is 15.4. The van der Waals surface area contributed by atoms with Gasteiger partial charge in [0.25, 0.3) is 0 Å². The van der Waals surface area contributed by atoms with E-state index in [1.807, 2.05) is 37.3 Å². The molecule has 2 saturated carbocycles. The molecule has 0 aromatic heterocycles. The molecule has 3 aliphatic rings. The summed E-state index contributed by atoms with van der Waals surface area (Å²) in [6, 6.07) is 12.2. The highest BCUT2D eigenvalue weighted by atomic mass is 16.5. The summed E-state index contributed by atoms with van der Waals surface area (Å²) in [6.45, 7) is 4.34. The Kier molecular flexibility index (Phi) is 5.49. The second-order valence-electron chi connectivity index (χ2n) is 10.4. The predicted molar refractivity (Wildman–Crippen MR) is 128 cm³/mol. The first kappa shape index (κ1) is 21.5. The molecule has 0 amide bonds. The standard InChI is InChI=1S/C29H34O3/c1-18-4-6-19(7-5-18)26(30)12-9-21-16-24-20(17-27(21)32-3)8-10-23-22(24)14-15-29(2)25(23)11-13-28(29)31/h4-7,9,12,16-17,22-23,25,28,31H,8,10-11,13-15H2,1-3H3/b12-9+/t22?,23?,25?,28-,29-/m0/s1. The monoisotopic (exact) mass is 430 g/mol. The molecule has 2 fully saturated rings. The molecule has 0 heterocycles. The SMILES string of the molecule is COc1cc2c(cc1/C=C/C(=O)c1ccc(C)cc1)C1CC[C@@]3(C)C(CC[C@@H]3O)C1CC2. The third kappa shape index (κ3) is 3.51. The number of carbonyl (C=O) groups excluding carboxylic acids is 1. The molecule has 0 radical (unpaired) electrons. The Balaban J connectivity index is 1.45. The van der Waals surface area contributed by atoms with E-state index >= 15 is 0 Å². The van der Waals surface area contributed by atoms with Gasteiger partial charge in [-0.1, -0.05) is 36.8 Å². The van der Waals surface area contributed by atoms with Gasteiger partial charge in [0, 0.05) is 11.1 Å². The van der Waals surface area contributed by atoms with Crippen molar-refractivity contribution in [3.8, 4) is 5.75 Å². The molecular weight excluding hydrogens is 396 g/mol. The van der Waals surface area contributed by atoms with Gasteiger partial charge in [-0.25, -0.2) is 0 Å². The maximum Gasteiger partial charge on any atom is 0.185 e. The molecule has 5 atom stereocenters. The molecule has 5 rings (SSSR count). The summed E-state index contributed by atoms with van der Waals surface area (Å²) in [5.74, 6) is 2.67. The van der Waals surface area contributed by atoms with Crippen LogP contribution in [0.5, 0.6) is 5.75 Å². The van der Waals surface area contributed by atoms with Crippen LogP contribution in [0.1, 0.15) is 77.6 Å². The summed E-state index contributed by atoms with van der Waals surface area (Å²) in [4.78, 5) is 12.7. The predicted octanol–water partition coefficient (Wildman–Crippen LogP) is 6.12. The number of aliphatic hydroxyl groups is 1. The lowest BCUT2D eigenvalue weighted by atomic mass is 9.55. The third-order valence-corrected chi connectivity index (χ3v) is 8.78. The molecule has 0 saturated heterocycles. The molecule has 0 spiro atoms. The van der Waals surface area contributed by atoms with Crippen molar-refractivity contribution in [2.45, 2.75) is 64.4 Å². The fraction of sp³-hybridized carbons (Fsp3) is 0.483. The summed E-state index contributed by atoms with van der Waals surface area (Å²) in [5.41, 5.74) is 5.76. The number of ketones is 1. The zero-order valence-electron chi connectivity index (χ0n) is 19.4. The summed E-state index contributed by atoms with van der Waals surface area (Å²) >= 11 is 0. The Morgan fingerprint density at radius 3 is 2.66 bits per heavy atom. The van der Waals surface area contributed by atoms with Crippen LogP contribution in [0.2, 0.25) is 0 Å². The van der Waals surface area contributed by atoms with Crippen LogP contribution in [0, 0.1) is 24.2 Å². The molecule has 32 heavy (non-hydrogen) atoms. The van der Waals surface area contributed by atoms with Gasteiger partial charge in [0.1, 0.15) is 5.75 Å². The van der Waals surface area contributed by atoms with E-state index in [1.165, 1.54) is 17.5 Å². The number of hydrogen-bond acceptors (Lipinski definition) is 3. The number of rotatable bonds is 4. The number of allylic oxidation sites excluding steroid dienone is 1. The number of hydrogen-bond donors (Lipinski definition) is 1. The van der Waals surface area contributed by atoms with Crippen LogP contribution >= 0.6 is 0 Å². The van der Waals surface area contributed by atoms with E-state index in [2.05, 4.69) is 19.1 Å². The maximum absolute atomic E-state index is 12.7. The molecule has 0 aliphatic heterocycles. The van der Waals surface area contributed by atoms with Crippen LogP contribution in [0.25, 0.3) is 6.08 Å². The molecule has 2 aromatic carbocycles. The molecule has 3 aliphatic carbocycles.